The van der Waals surface area contributed by atoms with E-state index in [9.17, 15) is 0 Å². The minimum atomic E-state index is 0.293. The van der Waals surface area contributed by atoms with Gasteiger partial charge in [-0.25, -0.2) is 0 Å². The summed E-state index contributed by atoms with van der Waals surface area (Å²) in [4.78, 5) is 0. The number of rotatable bonds is 3. The van der Waals surface area contributed by atoms with E-state index < -0.39 is 0 Å². The predicted molar refractivity (Wildman–Crippen MR) is 39.8 cm³/mol. The Labute approximate surface area is 62.2 Å². The van der Waals surface area contributed by atoms with Crippen molar-refractivity contribution in [3.8, 4) is 0 Å². The number of ether oxygens (including phenoxy) is 1. The molecule has 1 aliphatic heterocycles. The Bertz CT molecular complexity index is 87.3. The van der Waals surface area contributed by atoms with Crippen LogP contribution < -0.4 is 0 Å². The van der Waals surface area contributed by atoms with Crippen LogP contribution in [0.5, 0.6) is 0 Å². The van der Waals surface area contributed by atoms with Crippen molar-refractivity contribution < 1.29 is 9.84 Å². The van der Waals surface area contributed by atoms with Gasteiger partial charge < -0.3 is 9.84 Å². The summed E-state index contributed by atoms with van der Waals surface area (Å²) in [6.45, 7) is 3.35. The lowest BCUT2D eigenvalue weighted by Crippen LogP contribution is -2.17. The molecular weight excluding hydrogens is 128 g/mol. The van der Waals surface area contributed by atoms with E-state index in [4.69, 9.17) is 9.84 Å². The second-order valence-electron chi connectivity index (χ2n) is 3.04. The summed E-state index contributed by atoms with van der Waals surface area (Å²) in [5, 5.41) is 8.64. The third-order valence-electron chi connectivity index (χ3n) is 2.18. The fourth-order valence-corrected chi connectivity index (χ4v) is 1.44. The first-order valence-electron chi connectivity index (χ1n) is 4.07. The van der Waals surface area contributed by atoms with Crippen molar-refractivity contribution in [3.63, 3.8) is 0 Å². The topological polar surface area (TPSA) is 29.5 Å². The van der Waals surface area contributed by atoms with Crippen LogP contribution in [0.2, 0.25) is 0 Å². The molecule has 0 aromatic carbocycles. The van der Waals surface area contributed by atoms with Crippen molar-refractivity contribution in [2.75, 3.05) is 13.2 Å². The molecule has 1 saturated heterocycles. The highest BCUT2D eigenvalue weighted by molar-refractivity contribution is 4.70. The summed E-state index contributed by atoms with van der Waals surface area (Å²) >= 11 is 0. The Morgan fingerprint density at radius 2 is 2.50 bits per heavy atom. The van der Waals surface area contributed by atoms with Crippen LogP contribution in [0.3, 0.4) is 0 Å². The maximum absolute atomic E-state index is 8.64. The highest BCUT2D eigenvalue weighted by Gasteiger charge is 2.21. The first kappa shape index (κ1) is 8.02. The number of aliphatic hydroxyl groups is 1. The van der Waals surface area contributed by atoms with Crippen LogP contribution in [0.4, 0.5) is 0 Å². The van der Waals surface area contributed by atoms with Gasteiger partial charge in [0.2, 0.25) is 0 Å². The molecule has 0 amide bonds. The third kappa shape index (κ3) is 1.96. The molecule has 0 aromatic rings. The first-order valence-corrected chi connectivity index (χ1v) is 4.07. The van der Waals surface area contributed by atoms with Crippen molar-refractivity contribution >= 4 is 0 Å². The Balaban J connectivity index is 2.18. The molecule has 1 N–H and O–H groups in total. The van der Waals surface area contributed by atoms with Crippen molar-refractivity contribution in [3.05, 3.63) is 0 Å². The lowest BCUT2D eigenvalue weighted by atomic mass is 9.99. The molecule has 60 valence electrons. The van der Waals surface area contributed by atoms with Crippen LogP contribution in [0, 0.1) is 5.92 Å². The van der Waals surface area contributed by atoms with Crippen LogP contribution in [-0.2, 0) is 4.74 Å². The monoisotopic (exact) mass is 144 g/mol. The summed E-state index contributed by atoms with van der Waals surface area (Å²) < 4.78 is 5.46. The minimum absolute atomic E-state index is 0.293. The highest BCUT2D eigenvalue weighted by Crippen LogP contribution is 2.21. The van der Waals surface area contributed by atoms with Crippen molar-refractivity contribution in [1.29, 1.82) is 0 Å². The summed E-state index contributed by atoms with van der Waals surface area (Å²) in [7, 11) is 0. The standard InChI is InChI=1S/C8H16O2/c1-7(4-5-9)8-3-2-6-10-8/h7-9H,2-6H2,1H3. The zero-order chi connectivity index (χ0) is 7.40. The fourth-order valence-electron chi connectivity index (χ4n) is 1.44. The van der Waals surface area contributed by atoms with Crippen LogP contribution >= 0.6 is 0 Å². The molecule has 1 fully saturated rings. The van der Waals surface area contributed by atoms with Gasteiger partial charge in [-0.3, -0.25) is 0 Å². The lowest BCUT2D eigenvalue weighted by Gasteiger charge is -2.16. The number of aliphatic hydroxyl groups excluding tert-OH is 1. The molecule has 0 aromatic heterocycles. The van der Waals surface area contributed by atoms with E-state index in [1.165, 1.54) is 12.8 Å². The molecule has 2 heteroatoms. The third-order valence-corrected chi connectivity index (χ3v) is 2.18. The van der Waals surface area contributed by atoms with Gasteiger partial charge in [0, 0.05) is 13.2 Å². The lowest BCUT2D eigenvalue weighted by molar-refractivity contribution is 0.0590. The molecule has 1 aliphatic rings. The summed E-state index contributed by atoms with van der Waals surface area (Å²) in [5.41, 5.74) is 0. The molecule has 1 rings (SSSR count). The van der Waals surface area contributed by atoms with E-state index in [1.807, 2.05) is 0 Å². The van der Waals surface area contributed by atoms with Gasteiger partial charge >= 0.3 is 0 Å². The van der Waals surface area contributed by atoms with Crippen molar-refractivity contribution in [2.24, 2.45) is 5.92 Å². The molecule has 0 aliphatic carbocycles. The highest BCUT2D eigenvalue weighted by atomic mass is 16.5. The Hall–Kier alpha value is -0.0800. The van der Waals surface area contributed by atoms with Crippen LogP contribution in [0.25, 0.3) is 0 Å². The zero-order valence-corrected chi connectivity index (χ0v) is 6.55. The van der Waals surface area contributed by atoms with Gasteiger partial charge in [-0.2, -0.15) is 0 Å². The molecule has 2 atom stereocenters. The average Bonchev–Trinajstić information content (AvgIpc) is 2.38. The van der Waals surface area contributed by atoms with Gasteiger partial charge in [-0.15, -0.1) is 0 Å². The zero-order valence-electron chi connectivity index (χ0n) is 6.55. The maximum atomic E-state index is 8.64. The molecule has 0 radical (unpaired) electrons. The van der Waals surface area contributed by atoms with Crippen LogP contribution in [-0.4, -0.2) is 24.4 Å². The maximum Gasteiger partial charge on any atom is 0.0602 e. The summed E-state index contributed by atoms with van der Waals surface area (Å²) in [5.74, 6) is 0.535. The van der Waals surface area contributed by atoms with Gasteiger partial charge in [0.15, 0.2) is 0 Å². The first-order chi connectivity index (χ1) is 4.84. The van der Waals surface area contributed by atoms with E-state index in [0.29, 0.717) is 18.6 Å². The molecule has 1 heterocycles. The van der Waals surface area contributed by atoms with Crippen molar-refractivity contribution in [1.82, 2.24) is 0 Å². The summed E-state index contributed by atoms with van der Waals surface area (Å²) in [6.07, 6.45) is 3.68. The van der Waals surface area contributed by atoms with E-state index in [0.717, 1.165) is 13.0 Å². The molecule has 0 saturated carbocycles. The van der Waals surface area contributed by atoms with Gasteiger partial charge in [0.25, 0.3) is 0 Å². The van der Waals surface area contributed by atoms with Crippen LogP contribution in [0.15, 0.2) is 0 Å². The van der Waals surface area contributed by atoms with E-state index in [-0.39, 0.29) is 0 Å². The van der Waals surface area contributed by atoms with Gasteiger partial charge in [0.05, 0.1) is 6.10 Å². The molecule has 2 unspecified atom stereocenters. The normalized spacial score (nSPS) is 28.8. The molecule has 10 heavy (non-hydrogen) atoms. The average molecular weight is 144 g/mol. The smallest absolute Gasteiger partial charge is 0.0602 e. The van der Waals surface area contributed by atoms with Crippen LogP contribution in [0.1, 0.15) is 26.2 Å². The fraction of sp³-hybridized carbons (Fsp3) is 1.00. The van der Waals surface area contributed by atoms with Gasteiger partial charge in [-0.1, -0.05) is 6.92 Å². The van der Waals surface area contributed by atoms with E-state index >= 15 is 0 Å². The largest absolute Gasteiger partial charge is 0.396 e. The Morgan fingerprint density at radius 1 is 1.70 bits per heavy atom. The Morgan fingerprint density at radius 3 is 3.00 bits per heavy atom. The molecule has 0 spiro atoms. The second-order valence-corrected chi connectivity index (χ2v) is 3.04. The van der Waals surface area contributed by atoms with E-state index in [1.54, 1.807) is 0 Å². The van der Waals surface area contributed by atoms with Crippen molar-refractivity contribution in [2.45, 2.75) is 32.3 Å². The number of hydrogen-bond donors (Lipinski definition) is 1. The quantitative estimate of drug-likeness (QED) is 0.644. The molecular formula is C8H16O2. The minimum Gasteiger partial charge on any atom is -0.396 e. The summed E-state index contributed by atoms with van der Waals surface area (Å²) in [6, 6.07) is 0. The Kier molecular flexibility index (Phi) is 3.16. The number of hydrogen-bond acceptors (Lipinski definition) is 2. The van der Waals surface area contributed by atoms with Gasteiger partial charge in [0.1, 0.15) is 0 Å². The SMILES string of the molecule is CC(CCO)C1CCCO1. The van der Waals surface area contributed by atoms with Gasteiger partial charge in [-0.05, 0) is 25.2 Å². The van der Waals surface area contributed by atoms with E-state index in [2.05, 4.69) is 6.92 Å². The molecule has 2 nitrogen and oxygen atoms in total. The molecule has 0 bridgehead atoms. The predicted octanol–water partition coefficient (Wildman–Crippen LogP) is 1.18. The second kappa shape index (κ2) is 3.94.